The lowest BCUT2D eigenvalue weighted by atomic mass is 10.0. The molecule has 0 bridgehead atoms. The highest BCUT2D eigenvalue weighted by Gasteiger charge is 2.20. The minimum atomic E-state index is -0.587. The first-order valence-corrected chi connectivity index (χ1v) is 10.9. The molecule has 5 heteroatoms. The SMILES string of the molecule is CCOC(=O)[C@H](Cc1ccc(OCC=C(C)c2ccc(-c3ccco3)cc2)cc1)OCC. The summed E-state index contributed by atoms with van der Waals surface area (Å²) < 4.78 is 21.9. The van der Waals surface area contributed by atoms with Gasteiger partial charge in [-0.05, 0) is 67.8 Å². The molecule has 0 aliphatic rings. The van der Waals surface area contributed by atoms with Crippen LogP contribution in [0.15, 0.2) is 77.4 Å². The molecule has 0 fully saturated rings. The lowest BCUT2D eigenvalue weighted by Gasteiger charge is -2.15. The standard InChI is InChI=1S/C27H30O5/c1-4-29-26(27(28)30-5-2)19-21-8-14-24(15-9-21)31-18-16-20(3)22-10-12-23(13-11-22)25-7-6-17-32-25/h6-17,26H,4-5,18-19H2,1-3H3/t26-/m0/s1. The summed E-state index contributed by atoms with van der Waals surface area (Å²) in [6.07, 6.45) is 3.62. The van der Waals surface area contributed by atoms with E-state index in [1.54, 1.807) is 13.2 Å². The third-order valence-electron chi connectivity index (χ3n) is 5.05. The second-order valence-electron chi connectivity index (χ2n) is 7.30. The molecular formula is C27H30O5. The summed E-state index contributed by atoms with van der Waals surface area (Å²) >= 11 is 0. The zero-order valence-corrected chi connectivity index (χ0v) is 18.9. The summed E-state index contributed by atoms with van der Waals surface area (Å²) in [5.41, 5.74) is 4.33. The summed E-state index contributed by atoms with van der Waals surface area (Å²) in [5, 5.41) is 0. The maximum absolute atomic E-state index is 12.0. The van der Waals surface area contributed by atoms with E-state index in [0.717, 1.165) is 33.8 Å². The largest absolute Gasteiger partial charge is 0.490 e. The van der Waals surface area contributed by atoms with Crippen molar-refractivity contribution in [3.63, 3.8) is 0 Å². The number of rotatable bonds is 11. The number of hydrogen-bond acceptors (Lipinski definition) is 5. The molecule has 168 valence electrons. The minimum Gasteiger partial charge on any atom is -0.490 e. The van der Waals surface area contributed by atoms with Crippen molar-refractivity contribution in [3.05, 3.63) is 84.1 Å². The van der Waals surface area contributed by atoms with Crippen molar-refractivity contribution in [2.45, 2.75) is 33.3 Å². The smallest absolute Gasteiger partial charge is 0.335 e. The highest BCUT2D eigenvalue weighted by Crippen LogP contribution is 2.23. The molecule has 0 spiro atoms. The maximum Gasteiger partial charge on any atom is 0.335 e. The van der Waals surface area contributed by atoms with Crippen LogP contribution in [-0.4, -0.2) is 31.9 Å². The summed E-state index contributed by atoms with van der Waals surface area (Å²) in [5.74, 6) is 1.31. The predicted molar refractivity (Wildman–Crippen MR) is 125 cm³/mol. The molecular weight excluding hydrogens is 404 g/mol. The zero-order valence-electron chi connectivity index (χ0n) is 18.9. The lowest BCUT2D eigenvalue weighted by molar-refractivity contribution is -0.156. The summed E-state index contributed by atoms with van der Waals surface area (Å²) in [7, 11) is 0. The Bertz CT molecular complexity index is 986. The van der Waals surface area contributed by atoms with Crippen LogP contribution in [0.4, 0.5) is 0 Å². The van der Waals surface area contributed by atoms with E-state index in [9.17, 15) is 4.79 Å². The van der Waals surface area contributed by atoms with E-state index < -0.39 is 6.10 Å². The summed E-state index contributed by atoms with van der Waals surface area (Å²) in [6.45, 7) is 7.00. The Kier molecular flexibility index (Phi) is 8.70. The molecule has 5 nitrogen and oxygen atoms in total. The fraction of sp³-hybridized carbons (Fsp3) is 0.296. The molecule has 0 unspecified atom stereocenters. The molecule has 0 amide bonds. The Morgan fingerprint density at radius 2 is 1.75 bits per heavy atom. The van der Waals surface area contributed by atoms with Gasteiger partial charge < -0.3 is 18.6 Å². The van der Waals surface area contributed by atoms with Crippen LogP contribution in [0.5, 0.6) is 5.75 Å². The molecule has 0 saturated heterocycles. The van der Waals surface area contributed by atoms with Crippen molar-refractivity contribution in [1.29, 1.82) is 0 Å². The van der Waals surface area contributed by atoms with Crippen LogP contribution in [0.25, 0.3) is 16.9 Å². The van der Waals surface area contributed by atoms with E-state index >= 15 is 0 Å². The number of furan rings is 1. The van der Waals surface area contributed by atoms with Gasteiger partial charge in [-0.2, -0.15) is 0 Å². The van der Waals surface area contributed by atoms with Gasteiger partial charge in [0.25, 0.3) is 0 Å². The lowest BCUT2D eigenvalue weighted by Crippen LogP contribution is -2.28. The topological polar surface area (TPSA) is 57.9 Å². The van der Waals surface area contributed by atoms with Crippen LogP contribution < -0.4 is 4.74 Å². The molecule has 0 radical (unpaired) electrons. The second kappa shape index (κ2) is 11.9. The molecule has 0 saturated carbocycles. The Balaban J connectivity index is 1.53. The monoisotopic (exact) mass is 434 g/mol. The molecule has 0 aliphatic heterocycles. The van der Waals surface area contributed by atoms with Gasteiger partial charge in [-0.1, -0.05) is 36.4 Å². The Morgan fingerprint density at radius 3 is 2.38 bits per heavy atom. The van der Waals surface area contributed by atoms with Gasteiger partial charge in [0, 0.05) is 18.6 Å². The van der Waals surface area contributed by atoms with Gasteiger partial charge in [-0.25, -0.2) is 4.79 Å². The van der Waals surface area contributed by atoms with Gasteiger partial charge in [-0.15, -0.1) is 0 Å². The van der Waals surface area contributed by atoms with Gasteiger partial charge in [0.15, 0.2) is 6.10 Å². The highest BCUT2D eigenvalue weighted by molar-refractivity contribution is 5.75. The molecule has 3 aromatic rings. The van der Waals surface area contributed by atoms with Gasteiger partial charge in [0.1, 0.15) is 18.1 Å². The Hall–Kier alpha value is -3.31. The fourth-order valence-electron chi connectivity index (χ4n) is 3.30. The van der Waals surface area contributed by atoms with Crippen LogP contribution in [-0.2, 0) is 20.7 Å². The summed E-state index contributed by atoms with van der Waals surface area (Å²) in [4.78, 5) is 12.0. The van der Waals surface area contributed by atoms with E-state index in [0.29, 0.717) is 26.2 Å². The molecule has 1 heterocycles. The van der Waals surface area contributed by atoms with E-state index in [-0.39, 0.29) is 5.97 Å². The number of esters is 1. The molecule has 1 atom stereocenters. The maximum atomic E-state index is 12.0. The van der Waals surface area contributed by atoms with Crippen molar-refractivity contribution < 1.29 is 23.4 Å². The number of carbonyl (C=O) groups is 1. The van der Waals surface area contributed by atoms with E-state index in [2.05, 4.69) is 37.3 Å². The number of carbonyl (C=O) groups excluding carboxylic acids is 1. The summed E-state index contributed by atoms with van der Waals surface area (Å²) in [6, 6.07) is 19.8. The van der Waals surface area contributed by atoms with Crippen molar-refractivity contribution in [1.82, 2.24) is 0 Å². The van der Waals surface area contributed by atoms with Gasteiger partial charge in [0.2, 0.25) is 0 Å². The highest BCUT2D eigenvalue weighted by atomic mass is 16.6. The molecule has 0 aliphatic carbocycles. The van der Waals surface area contributed by atoms with Crippen molar-refractivity contribution >= 4 is 11.5 Å². The van der Waals surface area contributed by atoms with Crippen molar-refractivity contribution in [2.75, 3.05) is 19.8 Å². The number of benzene rings is 2. The van der Waals surface area contributed by atoms with Crippen LogP contribution in [0.1, 0.15) is 31.9 Å². The van der Waals surface area contributed by atoms with Gasteiger partial charge >= 0.3 is 5.97 Å². The first-order valence-electron chi connectivity index (χ1n) is 10.9. The van der Waals surface area contributed by atoms with Crippen LogP contribution in [0, 0.1) is 0 Å². The Labute approximate surface area is 189 Å². The average molecular weight is 435 g/mol. The van der Waals surface area contributed by atoms with Crippen LogP contribution in [0.3, 0.4) is 0 Å². The fourth-order valence-corrected chi connectivity index (χ4v) is 3.30. The van der Waals surface area contributed by atoms with E-state index in [1.807, 2.05) is 43.3 Å². The van der Waals surface area contributed by atoms with E-state index in [1.165, 1.54) is 0 Å². The van der Waals surface area contributed by atoms with Crippen LogP contribution >= 0.6 is 0 Å². The second-order valence-corrected chi connectivity index (χ2v) is 7.30. The molecule has 2 aromatic carbocycles. The van der Waals surface area contributed by atoms with Crippen molar-refractivity contribution in [2.24, 2.45) is 0 Å². The first-order chi connectivity index (χ1) is 15.6. The van der Waals surface area contributed by atoms with E-state index in [4.69, 9.17) is 18.6 Å². The number of hydrogen-bond donors (Lipinski definition) is 0. The molecule has 0 N–H and O–H groups in total. The van der Waals surface area contributed by atoms with Gasteiger partial charge in [-0.3, -0.25) is 0 Å². The molecule has 3 rings (SSSR count). The zero-order chi connectivity index (χ0) is 22.8. The number of ether oxygens (including phenoxy) is 3. The van der Waals surface area contributed by atoms with Gasteiger partial charge in [0.05, 0.1) is 12.9 Å². The normalized spacial score (nSPS) is 12.4. The van der Waals surface area contributed by atoms with Crippen molar-refractivity contribution in [3.8, 4) is 17.1 Å². The molecule has 1 aromatic heterocycles. The quantitative estimate of drug-likeness (QED) is 0.350. The third-order valence-corrected chi connectivity index (χ3v) is 5.05. The Morgan fingerprint density at radius 1 is 1.00 bits per heavy atom. The molecule has 32 heavy (non-hydrogen) atoms. The third kappa shape index (κ3) is 6.59. The minimum absolute atomic E-state index is 0.326. The average Bonchev–Trinajstić information content (AvgIpc) is 3.35. The first kappa shape index (κ1) is 23.4. The van der Waals surface area contributed by atoms with Crippen LogP contribution in [0.2, 0.25) is 0 Å². The predicted octanol–water partition coefficient (Wildman–Crippen LogP) is 5.94. The number of allylic oxidation sites excluding steroid dienone is 1.